The normalized spacial score (nSPS) is 25.4. The molecular weight excluding hydrogens is 234 g/mol. The van der Waals surface area contributed by atoms with E-state index in [2.05, 4.69) is 60.3 Å². The molecule has 0 amide bonds. The number of nitrogens with zero attached hydrogens (tertiary/aromatic N) is 2. The van der Waals surface area contributed by atoms with E-state index in [1.165, 1.54) is 24.2 Å². The summed E-state index contributed by atoms with van der Waals surface area (Å²) < 4.78 is 0. The molecule has 3 nitrogen and oxygen atoms in total. The molecule has 1 saturated heterocycles. The van der Waals surface area contributed by atoms with Crippen molar-refractivity contribution in [1.29, 1.82) is 0 Å². The van der Waals surface area contributed by atoms with E-state index in [0.717, 1.165) is 13.1 Å². The number of hydrogen-bond donors (Lipinski definition) is 1. The number of benzene rings is 1. The van der Waals surface area contributed by atoms with E-state index >= 15 is 0 Å². The average Bonchev–Trinajstić information content (AvgIpc) is 2.54. The highest BCUT2D eigenvalue weighted by Crippen LogP contribution is 2.23. The average molecular weight is 261 g/mol. The molecule has 0 bridgehead atoms. The van der Waals surface area contributed by atoms with Crippen molar-refractivity contribution in [2.75, 3.05) is 38.6 Å². The van der Waals surface area contributed by atoms with Crippen LogP contribution in [0.3, 0.4) is 0 Å². The Morgan fingerprint density at radius 3 is 2.58 bits per heavy atom. The van der Waals surface area contributed by atoms with Gasteiger partial charge in [-0.1, -0.05) is 17.7 Å². The third-order valence-electron chi connectivity index (χ3n) is 4.27. The lowest BCUT2D eigenvalue weighted by Gasteiger charge is -2.33. The van der Waals surface area contributed by atoms with Gasteiger partial charge < -0.3 is 15.1 Å². The Labute approximate surface area is 117 Å². The quantitative estimate of drug-likeness (QED) is 0.899. The first-order valence-electron chi connectivity index (χ1n) is 7.30. The minimum absolute atomic E-state index is 0.580. The van der Waals surface area contributed by atoms with Gasteiger partial charge in [0.05, 0.1) is 0 Å². The van der Waals surface area contributed by atoms with E-state index in [9.17, 15) is 0 Å². The standard InChI is InChI=1S/C16H27N3/c1-13-5-7-15(8-6-13)19-12-16(11-17-3)18(4)10-9-14(19)2/h5-8,14,16-17H,9-12H2,1-4H3. The summed E-state index contributed by atoms with van der Waals surface area (Å²) in [6, 6.07) is 10.1. The second kappa shape index (κ2) is 6.40. The molecule has 0 aromatic heterocycles. The summed E-state index contributed by atoms with van der Waals surface area (Å²) in [5.74, 6) is 0. The second-order valence-electron chi connectivity index (χ2n) is 5.82. The first-order chi connectivity index (χ1) is 9.11. The van der Waals surface area contributed by atoms with Gasteiger partial charge in [0.25, 0.3) is 0 Å². The molecule has 2 atom stereocenters. The molecular formula is C16H27N3. The molecule has 1 heterocycles. The molecule has 1 fully saturated rings. The number of anilines is 1. The lowest BCUT2D eigenvalue weighted by Crippen LogP contribution is -2.45. The minimum atomic E-state index is 0.580. The van der Waals surface area contributed by atoms with Crippen molar-refractivity contribution >= 4 is 5.69 Å². The van der Waals surface area contributed by atoms with Crippen molar-refractivity contribution in [1.82, 2.24) is 10.2 Å². The molecule has 2 unspecified atom stereocenters. The second-order valence-corrected chi connectivity index (χ2v) is 5.82. The highest BCUT2D eigenvalue weighted by molar-refractivity contribution is 5.48. The van der Waals surface area contributed by atoms with Gasteiger partial charge in [-0.05, 0) is 46.5 Å². The fourth-order valence-electron chi connectivity index (χ4n) is 2.83. The Bertz CT molecular complexity index is 387. The highest BCUT2D eigenvalue weighted by Gasteiger charge is 2.26. The molecule has 1 aromatic carbocycles. The molecule has 2 rings (SSSR count). The van der Waals surface area contributed by atoms with E-state index in [4.69, 9.17) is 0 Å². The lowest BCUT2D eigenvalue weighted by molar-refractivity contribution is 0.256. The first kappa shape index (κ1) is 14.4. The van der Waals surface area contributed by atoms with Gasteiger partial charge in [-0.3, -0.25) is 0 Å². The topological polar surface area (TPSA) is 18.5 Å². The third kappa shape index (κ3) is 3.48. The number of aryl methyl sites for hydroxylation is 1. The number of nitrogens with one attached hydrogen (secondary N) is 1. The summed E-state index contributed by atoms with van der Waals surface area (Å²) in [6.45, 7) is 7.81. The molecule has 1 N–H and O–H groups in total. The molecule has 0 spiro atoms. The molecule has 106 valence electrons. The summed E-state index contributed by atoms with van der Waals surface area (Å²) in [6.07, 6.45) is 1.23. The Balaban J connectivity index is 2.18. The van der Waals surface area contributed by atoms with Crippen molar-refractivity contribution in [3.63, 3.8) is 0 Å². The Morgan fingerprint density at radius 1 is 1.26 bits per heavy atom. The zero-order valence-corrected chi connectivity index (χ0v) is 12.7. The van der Waals surface area contributed by atoms with Gasteiger partial charge in [0.1, 0.15) is 0 Å². The summed E-state index contributed by atoms with van der Waals surface area (Å²) in [4.78, 5) is 5.05. The number of likely N-dealkylation sites (N-methyl/N-ethyl adjacent to an activating group) is 2. The summed E-state index contributed by atoms with van der Waals surface area (Å²) in [5.41, 5.74) is 2.68. The van der Waals surface area contributed by atoms with Gasteiger partial charge in [-0.25, -0.2) is 0 Å². The molecule has 1 aliphatic heterocycles. The van der Waals surface area contributed by atoms with Crippen LogP contribution >= 0.6 is 0 Å². The third-order valence-corrected chi connectivity index (χ3v) is 4.27. The van der Waals surface area contributed by atoms with Crippen molar-refractivity contribution in [3.8, 4) is 0 Å². The molecule has 0 aliphatic carbocycles. The van der Waals surface area contributed by atoms with Crippen LogP contribution in [0, 0.1) is 6.92 Å². The fourth-order valence-corrected chi connectivity index (χ4v) is 2.83. The Hall–Kier alpha value is -1.06. The van der Waals surface area contributed by atoms with E-state index in [-0.39, 0.29) is 0 Å². The van der Waals surface area contributed by atoms with Crippen LogP contribution in [0.15, 0.2) is 24.3 Å². The van der Waals surface area contributed by atoms with Crippen molar-refractivity contribution in [2.24, 2.45) is 0 Å². The van der Waals surface area contributed by atoms with Gasteiger partial charge in [0.2, 0.25) is 0 Å². The molecule has 19 heavy (non-hydrogen) atoms. The molecule has 0 saturated carbocycles. The van der Waals surface area contributed by atoms with Crippen LogP contribution in [0.25, 0.3) is 0 Å². The summed E-state index contributed by atoms with van der Waals surface area (Å²) >= 11 is 0. The van der Waals surface area contributed by atoms with Crippen LogP contribution in [-0.2, 0) is 0 Å². The monoisotopic (exact) mass is 261 g/mol. The van der Waals surface area contributed by atoms with Gasteiger partial charge in [0, 0.05) is 37.4 Å². The minimum Gasteiger partial charge on any atom is -0.367 e. The van der Waals surface area contributed by atoms with Gasteiger partial charge in [-0.15, -0.1) is 0 Å². The molecule has 1 aliphatic rings. The van der Waals surface area contributed by atoms with Crippen molar-refractivity contribution < 1.29 is 0 Å². The van der Waals surface area contributed by atoms with Crippen LogP contribution in [0.4, 0.5) is 5.69 Å². The predicted octanol–water partition coefficient (Wildman–Crippen LogP) is 2.11. The van der Waals surface area contributed by atoms with Gasteiger partial charge >= 0.3 is 0 Å². The molecule has 0 radical (unpaired) electrons. The van der Waals surface area contributed by atoms with Crippen molar-refractivity contribution in [2.45, 2.75) is 32.4 Å². The van der Waals surface area contributed by atoms with Crippen LogP contribution in [-0.4, -0.2) is 50.7 Å². The van der Waals surface area contributed by atoms with Crippen LogP contribution < -0.4 is 10.2 Å². The zero-order chi connectivity index (χ0) is 13.8. The summed E-state index contributed by atoms with van der Waals surface area (Å²) in [7, 11) is 4.28. The summed E-state index contributed by atoms with van der Waals surface area (Å²) in [5, 5.41) is 3.32. The fraction of sp³-hybridized carbons (Fsp3) is 0.625. The lowest BCUT2D eigenvalue weighted by atomic mass is 10.1. The smallest absolute Gasteiger partial charge is 0.0392 e. The van der Waals surface area contributed by atoms with Crippen LogP contribution in [0.1, 0.15) is 18.9 Å². The number of rotatable bonds is 3. The Morgan fingerprint density at radius 2 is 1.95 bits per heavy atom. The van der Waals surface area contributed by atoms with E-state index < -0.39 is 0 Å². The van der Waals surface area contributed by atoms with E-state index in [1.807, 2.05) is 7.05 Å². The van der Waals surface area contributed by atoms with Gasteiger partial charge in [0.15, 0.2) is 0 Å². The molecule has 3 heteroatoms. The maximum Gasteiger partial charge on any atom is 0.0392 e. The van der Waals surface area contributed by atoms with E-state index in [1.54, 1.807) is 0 Å². The highest BCUT2D eigenvalue weighted by atomic mass is 15.3. The predicted molar refractivity (Wildman–Crippen MR) is 82.9 cm³/mol. The van der Waals surface area contributed by atoms with Crippen molar-refractivity contribution in [3.05, 3.63) is 29.8 Å². The first-order valence-corrected chi connectivity index (χ1v) is 7.30. The van der Waals surface area contributed by atoms with Gasteiger partial charge in [-0.2, -0.15) is 0 Å². The SMILES string of the molecule is CNCC1CN(c2ccc(C)cc2)C(C)CCN1C. The van der Waals surface area contributed by atoms with Crippen LogP contribution in [0.5, 0.6) is 0 Å². The largest absolute Gasteiger partial charge is 0.367 e. The molecule has 1 aromatic rings. The number of hydrogen-bond acceptors (Lipinski definition) is 3. The maximum absolute atomic E-state index is 3.32. The van der Waals surface area contributed by atoms with E-state index in [0.29, 0.717) is 12.1 Å². The maximum atomic E-state index is 3.32. The Kier molecular flexibility index (Phi) is 4.83. The zero-order valence-electron chi connectivity index (χ0n) is 12.7. The van der Waals surface area contributed by atoms with Crippen LogP contribution in [0.2, 0.25) is 0 Å².